The van der Waals surface area contributed by atoms with Crippen molar-refractivity contribution in [2.75, 3.05) is 20.5 Å². The molecule has 0 saturated carbocycles. The lowest BCUT2D eigenvalue weighted by atomic mass is 9.88. The minimum atomic E-state index is -2.79. The van der Waals surface area contributed by atoms with Gasteiger partial charge in [-0.15, -0.1) is 0 Å². The zero-order chi connectivity index (χ0) is 27.8. The Balaban J connectivity index is 1.63. The molecule has 0 aromatic heterocycles. The summed E-state index contributed by atoms with van der Waals surface area (Å²) in [5, 5.41) is 2.38. The maximum absolute atomic E-state index is 7.46. The molecule has 0 N–H and O–H groups in total. The average Bonchev–Trinajstić information content (AvgIpc) is 3.71. The highest BCUT2D eigenvalue weighted by atomic mass is 28.4. The van der Waals surface area contributed by atoms with Gasteiger partial charge in [0.25, 0.3) is 0 Å². The second-order valence-corrected chi connectivity index (χ2v) is 16.6. The molecule has 0 radical (unpaired) electrons. The largest absolute Gasteiger partial charge is 0.534 e. The molecule has 0 unspecified atom stereocenters. The SMILES string of the molecule is COCOCC[C@@H]1c2cc(O[Si](c3ccccc3)(c3ccccc3)C(C)(C)C)c(C)cc2OC(C)(C)[C@H]2O[C@@H]12. The fourth-order valence-corrected chi connectivity index (χ4v) is 10.6. The molecule has 5 rings (SSSR count). The Labute approximate surface area is 234 Å². The second-order valence-electron chi connectivity index (χ2n) is 12.4. The molecule has 0 aliphatic carbocycles. The van der Waals surface area contributed by atoms with Gasteiger partial charge < -0.3 is 23.4 Å². The van der Waals surface area contributed by atoms with Gasteiger partial charge in [0.05, 0.1) is 12.7 Å². The van der Waals surface area contributed by atoms with Gasteiger partial charge in [0.1, 0.15) is 30.0 Å². The van der Waals surface area contributed by atoms with Gasteiger partial charge in [-0.2, -0.15) is 0 Å². The fourth-order valence-electron chi connectivity index (χ4n) is 6.16. The van der Waals surface area contributed by atoms with Crippen LogP contribution < -0.4 is 19.5 Å². The number of hydrogen-bond acceptors (Lipinski definition) is 5. The lowest BCUT2D eigenvalue weighted by Gasteiger charge is -2.43. The molecule has 6 heteroatoms. The monoisotopic (exact) mass is 546 g/mol. The summed E-state index contributed by atoms with van der Waals surface area (Å²) in [4.78, 5) is 0. The van der Waals surface area contributed by atoms with Gasteiger partial charge in [-0.05, 0) is 60.3 Å². The van der Waals surface area contributed by atoms with Crippen LogP contribution in [0.5, 0.6) is 11.5 Å². The van der Waals surface area contributed by atoms with Crippen LogP contribution in [0.3, 0.4) is 0 Å². The number of rotatable bonds is 9. The van der Waals surface area contributed by atoms with Crippen molar-refractivity contribution < 1.29 is 23.4 Å². The van der Waals surface area contributed by atoms with Crippen LogP contribution in [0.15, 0.2) is 72.8 Å². The minimum Gasteiger partial charge on any atom is -0.534 e. The Morgan fingerprint density at radius 2 is 1.54 bits per heavy atom. The van der Waals surface area contributed by atoms with E-state index < -0.39 is 13.9 Å². The first-order chi connectivity index (χ1) is 18.6. The number of epoxide rings is 1. The van der Waals surface area contributed by atoms with Gasteiger partial charge in [0.2, 0.25) is 0 Å². The summed E-state index contributed by atoms with van der Waals surface area (Å²) < 4.78 is 31.1. The van der Waals surface area contributed by atoms with Crippen molar-refractivity contribution in [2.45, 2.75) is 76.7 Å². The summed E-state index contributed by atoms with van der Waals surface area (Å²) in [6, 6.07) is 25.9. The molecular formula is C33H42O5Si. The lowest BCUT2D eigenvalue weighted by Crippen LogP contribution is -2.68. The molecule has 39 heavy (non-hydrogen) atoms. The summed E-state index contributed by atoms with van der Waals surface area (Å²) in [6.45, 7) is 14.2. The van der Waals surface area contributed by atoms with Gasteiger partial charge in [0.15, 0.2) is 0 Å². The van der Waals surface area contributed by atoms with Gasteiger partial charge in [0, 0.05) is 18.6 Å². The maximum Gasteiger partial charge on any atom is 0.319 e. The van der Waals surface area contributed by atoms with Gasteiger partial charge in [-0.1, -0.05) is 81.4 Å². The summed E-state index contributed by atoms with van der Waals surface area (Å²) >= 11 is 0. The topological polar surface area (TPSA) is 49.5 Å². The smallest absolute Gasteiger partial charge is 0.319 e. The lowest BCUT2D eigenvalue weighted by molar-refractivity contribution is -0.0330. The van der Waals surface area contributed by atoms with Crippen LogP contribution >= 0.6 is 0 Å². The Morgan fingerprint density at radius 1 is 0.923 bits per heavy atom. The van der Waals surface area contributed by atoms with E-state index in [1.165, 1.54) is 10.4 Å². The first kappa shape index (κ1) is 27.9. The molecule has 1 saturated heterocycles. The highest BCUT2D eigenvalue weighted by molar-refractivity contribution is 7.00. The molecule has 5 nitrogen and oxygen atoms in total. The van der Waals surface area contributed by atoms with E-state index in [9.17, 15) is 0 Å². The number of methoxy groups -OCH3 is 1. The third kappa shape index (κ3) is 5.28. The first-order valence-electron chi connectivity index (χ1n) is 13.9. The molecule has 208 valence electrons. The number of fused-ring (bicyclic) bond motifs is 2. The summed E-state index contributed by atoms with van der Waals surface area (Å²) in [5.74, 6) is 1.97. The number of aryl methyl sites for hydroxylation is 1. The van der Waals surface area contributed by atoms with Gasteiger partial charge in [-0.25, -0.2) is 0 Å². The van der Waals surface area contributed by atoms with Crippen LogP contribution in [0.25, 0.3) is 0 Å². The second kappa shape index (κ2) is 10.7. The summed E-state index contributed by atoms with van der Waals surface area (Å²) in [5.41, 5.74) is 1.80. The van der Waals surface area contributed by atoms with Crippen molar-refractivity contribution in [3.05, 3.63) is 83.9 Å². The summed E-state index contributed by atoms with van der Waals surface area (Å²) in [7, 11) is -1.14. The zero-order valence-electron chi connectivity index (χ0n) is 24.3. The van der Waals surface area contributed by atoms with Crippen LogP contribution in [-0.4, -0.2) is 46.6 Å². The third-order valence-electron chi connectivity index (χ3n) is 8.14. The quantitative estimate of drug-likeness (QED) is 0.143. The maximum atomic E-state index is 7.46. The van der Waals surface area contributed by atoms with E-state index in [0.29, 0.717) is 6.61 Å². The van der Waals surface area contributed by atoms with E-state index in [4.69, 9.17) is 23.4 Å². The van der Waals surface area contributed by atoms with Crippen LogP contribution in [0.2, 0.25) is 5.04 Å². The Bertz CT molecular complexity index is 1230. The molecule has 2 heterocycles. The molecule has 3 aromatic carbocycles. The first-order valence-corrected chi connectivity index (χ1v) is 15.8. The molecule has 2 aliphatic rings. The van der Waals surface area contributed by atoms with E-state index in [2.05, 4.69) is 114 Å². The molecule has 0 bridgehead atoms. The Hall–Kier alpha value is -2.64. The molecule has 0 spiro atoms. The van der Waals surface area contributed by atoms with Gasteiger partial charge in [-0.3, -0.25) is 0 Å². The summed E-state index contributed by atoms with van der Waals surface area (Å²) in [6.07, 6.45) is 0.966. The molecule has 3 atom stereocenters. The molecule has 2 aliphatic heterocycles. The highest BCUT2D eigenvalue weighted by Crippen LogP contribution is 2.52. The average molecular weight is 547 g/mol. The third-order valence-corrected chi connectivity index (χ3v) is 13.1. The van der Waals surface area contributed by atoms with Crippen LogP contribution in [0.4, 0.5) is 0 Å². The number of hydrogen-bond donors (Lipinski definition) is 0. The fraction of sp³-hybridized carbons (Fsp3) is 0.455. The van der Waals surface area contributed by atoms with Gasteiger partial charge >= 0.3 is 8.32 Å². The number of benzene rings is 3. The van der Waals surface area contributed by atoms with E-state index in [0.717, 1.165) is 29.0 Å². The van der Waals surface area contributed by atoms with Crippen molar-refractivity contribution in [3.8, 4) is 11.5 Å². The van der Waals surface area contributed by atoms with E-state index in [1.807, 2.05) is 0 Å². The van der Waals surface area contributed by atoms with E-state index >= 15 is 0 Å². The predicted octanol–water partition coefficient (Wildman–Crippen LogP) is 5.97. The zero-order valence-corrected chi connectivity index (χ0v) is 25.3. The Kier molecular flexibility index (Phi) is 7.68. The molecule has 0 amide bonds. The normalized spacial score (nSPS) is 21.8. The van der Waals surface area contributed by atoms with Crippen molar-refractivity contribution >= 4 is 18.7 Å². The van der Waals surface area contributed by atoms with Crippen molar-refractivity contribution in [3.63, 3.8) is 0 Å². The van der Waals surface area contributed by atoms with Crippen molar-refractivity contribution in [1.29, 1.82) is 0 Å². The minimum absolute atomic E-state index is 0.0543. The van der Waals surface area contributed by atoms with E-state index in [-0.39, 0.29) is 30.0 Å². The molecule has 3 aromatic rings. The van der Waals surface area contributed by atoms with Crippen LogP contribution in [0.1, 0.15) is 58.1 Å². The standard InChI is InChI=1S/C33H42O5Si/c1-23-20-29-27(26(18-19-35-22-34-7)30-31(36-30)33(5,6)37-29)21-28(23)38-39(32(2,3)4,24-14-10-8-11-15-24)25-16-12-9-13-17-25/h8-17,20-21,26,30-31H,18-19,22H2,1-7H3/t26-,30+,31+/m1/s1. The predicted molar refractivity (Wildman–Crippen MR) is 158 cm³/mol. The van der Waals surface area contributed by atoms with E-state index in [1.54, 1.807) is 7.11 Å². The molecular weight excluding hydrogens is 504 g/mol. The Morgan fingerprint density at radius 3 is 2.10 bits per heavy atom. The van der Waals surface area contributed by atoms with Crippen LogP contribution in [0, 0.1) is 6.92 Å². The molecule has 1 fully saturated rings. The van der Waals surface area contributed by atoms with Crippen molar-refractivity contribution in [2.24, 2.45) is 0 Å². The van der Waals surface area contributed by atoms with Crippen molar-refractivity contribution in [1.82, 2.24) is 0 Å². The van der Waals surface area contributed by atoms with Crippen LogP contribution in [-0.2, 0) is 14.2 Å². The highest BCUT2D eigenvalue weighted by Gasteiger charge is 2.58. The number of ether oxygens (including phenoxy) is 4.